The van der Waals surface area contributed by atoms with Crippen LogP contribution in [0.5, 0.6) is 0 Å². The molecule has 4 unspecified atom stereocenters. The zero-order valence-electron chi connectivity index (χ0n) is 27.9. The molecule has 0 spiro atoms. The number of fused-ring (bicyclic) bond motifs is 1. The topological polar surface area (TPSA) is 51.2 Å². The maximum Gasteiger partial charge on any atom is 0.163 e. The van der Waals surface area contributed by atoms with E-state index in [4.69, 9.17) is 0 Å². The van der Waals surface area contributed by atoms with Gasteiger partial charge in [0, 0.05) is 17.9 Å². The summed E-state index contributed by atoms with van der Waals surface area (Å²) in [6.07, 6.45) is 7.18. The average Bonchev–Trinajstić information content (AvgIpc) is 2.91. The van der Waals surface area contributed by atoms with Crippen molar-refractivity contribution in [2.45, 2.75) is 120 Å². The molecule has 0 aliphatic heterocycles. The minimum Gasteiger partial charge on any atom is -0.300 e. The second-order valence-electron chi connectivity index (χ2n) is 13.8. The molecule has 3 heteroatoms. The van der Waals surface area contributed by atoms with Crippen LogP contribution < -0.4 is 0 Å². The van der Waals surface area contributed by atoms with Gasteiger partial charge in [-0.3, -0.25) is 14.4 Å². The fraction of sp³-hybridized carbons (Fsp3) is 0.615. The molecule has 3 rings (SSSR count). The molecule has 1 aliphatic rings. The lowest BCUT2D eigenvalue weighted by atomic mass is 9.65. The smallest absolute Gasteiger partial charge is 0.163 e. The Balaban J connectivity index is 2.06. The molecule has 0 aromatic heterocycles. The molecule has 42 heavy (non-hydrogen) atoms. The van der Waals surface area contributed by atoms with E-state index in [2.05, 4.69) is 85.7 Å². The quantitative estimate of drug-likeness (QED) is 0.200. The molecule has 2 aromatic carbocycles. The number of hydrogen-bond donors (Lipinski definition) is 0. The van der Waals surface area contributed by atoms with Crippen LogP contribution in [-0.2, 0) is 28.9 Å². The molecule has 230 valence electrons. The summed E-state index contributed by atoms with van der Waals surface area (Å²) in [4.78, 5) is 39.2. The van der Waals surface area contributed by atoms with E-state index in [-0.39, 0.29) is 41.5 Å². The van der Waals surface area contributed by atoms with Crippen LogP contribution in [0.25, 0.3) is 11.1 Å². The number of carbonyl (C=O) groups excluding carboxylic acids is 3. The Labute approximate surface area is 256 Å². The van der Waals surface area contributed by atoms with Crippen LogP contribution in [0.15, 0.2) is 30.3 Å². The van der Waals surface area contributed by atoms with Crippen LogP contribution in [0, 0.1) is 42.4 Å². The lowest BCUT2D eigenvalue weighted by molar-refractivity contribution is -0.130. The molecule has 1 aliphatic carbocycles. The fourth-order valence-electron chi connectivity index (χ4n) is 7.74. The van der Waals surface area contributed by atoms with Crippen molar-refractivity contribution in [3.63, 3.8) is 0 Å². The van der Waals surface area contributed by atoms with Gasteiger partial charge in [-0.2, -0.15) is 0 Å². The Hall–Kier alpha value is -2.55. The number of carbonyl (C=O) groups is 3. The van der Waals surface area contributed by atoms with Gasteiger partial charge in [0.1, 0.15) is 11.6 Å². The molecule has 0 radical (unpaired) electrons. The highest BCUT2D eigenvalue weighted by Gasteiger charge is 2.38. The van der Waals surface area contributed by atoms with E-state index in [1.54, 1.807) is 0 Å². The third-order valence-corrected chi connectivity index (χ3v) is 9.90. The molecule has 2 aromatic rings. The predicted octanol–water partition coefficient (Wildman–Crippen LogP) is 9.82. The first kappa shape index (κ1) is 33.9. The molecular formula is C39H56O3. The summed E-state index contributed by atoms with van der Waals surface area (Å²) >= 11 is 0. The third-order valence-electron chi connectivity index (χ3n) is 9.90. The van der Waals surface area contributed by atoms with Crippen molar-refractivity contribution >= 4 is 17.3 Å². The van der Waals surface area contributed by atoms with E-state index in [0.717, 1.165) is 56.1 Å². The van der Waals surface area contributed by atoms with Crippen LogP contribution >= 0.6 is 0 Å². The van der Waals surface area contributed by atoms with E-state index in [1.165, 1.54) is 34.7 Å². The molecule has 0 fully saturated rings. The number of rotatable bonds is 15. The molecule has 0 bridgehead atoms. The second-order valence-corrected chi connectivity index (χ2v) is 13.8. The van der Waals surface area contributed by atoms with Gasteiger partial charge in [-0.15, -0.1) is 0 Å². The summed E-state index contributed by atoms with van der Waals surface area (Å²) in [6, 6.07) is 11.3. The number of Topliss-reactive ketones (excluding diaryl/α,β-unsaturated/α-hetero) is 3. The maximum atomic E-state index is 13.9. The van der Waals surface area contributed by atoms with Gasteiger partial charge < -0.3 is 0 Å². The summed E-state index contributed by atoms with van der Waals surface area (Å²) in [7, 11) is 0. The van der Waals surface area contributed by atoms with Crippen molar-refractivity contribution in [1.82, 2.24) is 0 Å². The predicted molar refractivity (Wildman–Crippen MR) is 176 cm³/mol. The Kier molecular flexibility index (Phi) is 12.3. The van der Waals surface area contributed by atoms with Crippen LogP contribution in [0.3, 0.4) is 0 Å². The Bertz CT molecular complexity index is 1250. The monoisotopic (exact) mass is 572 g/mol. The van der Waals surface area contributed by atoms with E-state index >= 15 is 0 Å². The Morgan fingerprint density at radius 3 is 2.19 bits per heavy atom. The highest BCUT2D eigenvalue weighted by Crippen LogP contribution is 2.43. The number of aryl methyl sites for hydroxylation is 3. The van der Waals surface area contributed by atoms with E-state index in [9.17, 15) is 14.4 Å². The molecule has 0 saturated heterocycles. The van der Waals surface area contributed by atoms with Gasteiger partial charge in [-0.25, -0.2) is 0 Å². The van der Waals surface area contributed by atoms with E-state index in [0.29, 0.717) is 24.2 Å². The average molecular weight is 573 g/mol. The standard InChI is InChI=1S/C39H56O3/c1-10-30-17-16-28(15-13-24(4)5)20-34(30)33-18-14-26(8)39-36(33)22-29(23-38(39)42)21-35(31(11-2)25(6)7)32(12-3)37(41)19-27(9)40/h14,16-18,20,24-25,29,31-32,35H,10-13,15,19,21-23H2,1-9H3. The van der Waals surface area contributed by atoms with Gasteiger partial charge >= 0.3 is 0 Å². The summed E-state index contributed by atoms with van der Waals surface area (Å²) in [5, 5.41) is 0. The second kappa shape index (κ2) is 15.3. The zero-order valence-corrected chi connectivity index (χ0v) is 27.9. The first-order valence-corrected chi connectivity index (χ1v) is 16.7. The van der Waals surface area contributed by atoms with Gasteiger partial charge in [0.15, 0.2) is 5.78 Å². The highest BCUT2D eigenvalue weighted by molar-refractivity contribution is 6.02. The van der Waals surface area contributed by atoms with Crippen LogP contribution in [-0.4, -0.2) is 17.3 Å². The first-order chi connectivity index (χ1) is 19.9. The summed E-state index contributed by atoms with van der Waals surface area (Å²) in [5.41, 5.74) is 8.37. The lowest BCUT2D eigenvalue weighted by Gasteiger charge is -2.38. The number of hydrogen-bond acceptors (Lipinski definition) is 3. The van der Waals surface area contributed by atoms with Crippen molar-refractivity contribution < 1.29 is 14.4 Å². The van der Waals surface area contributed by atoms with E-state index < -0.39 is 0 Å². The van der Waals surface area contributed by atoms with Crippen molar-refractivity contribution in [1.29, 1.82) is 0 Å². The summed E-state index contributed by atoms with van der Waals surface area (Å²) < 4.78 is 0. The minimum absolute atomic E-state index is 0.0201. The molecule has 0 N–H and O–H groups in total. The lowest BCUT2D eigenvalue weighted by Crippen LogP contribution is -2.35. The molecule has 0 heterocycles. The fourth-order valence-corrected chi connectivity index (χ4v) is 7.74. The van der Waals surface area contributed by atoms with Gasteiger partial charge in [-0.1, -0.05) is 85.2 Å². The van der Waals surface area contributed by atoms with Gasteiger partial charge in [0.2, 0.25) is 0 Å². The maximum absolute atomic E-state index is 13.9. The largest absolute Gasteiger partial charge is 0.300 e. The molecular weight excluding hydrogens is 516 g/mol. The van der Waals surface area contributed by atoms with Crippen molar-refractivity contribution in [2.75, 3.05) is 0 Å². The summed E-state index contributed by atoms with van der Waals surface area (Å²) in [5.74, 6) is 1.96. The van der Waals surface area contributed by atoms with Gasteiger partial charge in [-0.05, 0) is 115 Å². The van der Waals surface area contributed by atoms with Crippen molar-refractivity contribution in [3.8, 4) is 11.1 Å². The van der Waals surface area contributed by atoms with Crippen molar-refractivity contribution in [3.05, 3.63) is 58.1 Å². The van der Waals surface area contributed by atoms with Crippen molar-refractivity contribution in [2.24, 2.45) is 35.5 Å². The van der Waals surface area contributed by atoms with Gasteiger partial charge in [0.25, 0.3) is 0 Å². The number of ketones is 3. The molecule has 0 saturated carbocycles. The first-order valence-electron chi connectivity index (χ1n) is 16.7. The summed E-state index contributed by atoms with van der Waals surface area (Å²) in [6.45, 7) is 19.2. The Morgan fingerprint density at radius 1 is 0.905 bits per heavy atom. The molecule has 3 nitrogen and oxygen atoms in total. The normalized spacial score (nSPS) is 17.3. The SMILES string of the molecule is CCc1ccc(CCC(C)C)cc1-c1ccc(C)c2c1CC(CC(C(CC)C(=O)CC(C)=O)C(CC)C(C)C)CC2=O. The van der Waals surface area contributed by atoms with E-state index in [1.807, 2.05) is 0 Å². The molecule has 0 amide bonds. The highest BCUT2D eigenvalue weighted by atomic mass is 16.1. The van der Waals surface area contributed by atoms with Gasteiger partial charge in [0.05, 0.1) is 6.42 Å². The minimum atomic E-state index is -0.140. The zero-order chi connectivity index (χ0) is 31.1. The third kappa shape index (κ3) is 8.08. The van der Waals surface area contributed by atoms with Crippen LogP contribution in [0.4, 0.5) is 0 Å². The molecule has 4 atom stereocenters. The number of benzene rings is 2. The Morgan fingerprint density at radius 2 is 1.62 bits per heavy atom. The van der Waals surface area contributed by atoms with Crippen LogP contribution in [0.1, 0.15) is 127 Å². The van der Waals surface area contributed by atoms with Crippen LogP contribution in [0.2, 0.25) is 0 Å².